The van der Waals surface area contributed by atoms with E-state index in [4.69, 9.17) is 0 Å². The van der Waals surface area contributed by atoms with Crippen molar-refractivity contribution in [1.29, 1.82) is 0 Å². The molecule has 1 aromatic heterocycles. The predicted octanol–water partition coefficient (Wildman–Crippen LogP) is 0.0324. The second-order valence-electron chi connectivity index (χ2n) is 5.41. The van der Waals surface area contributed by atoms with Crippen LogP contribution < -0.4 is 0 Å². The van der Waals surface area contributed by atoms with Crippen LogP contribution in [-0.4, -0.2) is 56.4 Å². The third-order valence-corrected chi connectivity index (χ3v) is 6.22. The molecule has 9 heteroatoms. The molecular weight excluding hydrogens is 316 g/mol. The molecule has 0 aromatic carbocycles. The highest BCUT2D eigenvalue weighted by molar-refractivity contribution is 7.91. The highest BCUT2D eigenvalue weighted by Crippen LogP contribution is 2.29. The van der Waals surface area contributed by atoms with Crippen molar-refractivity contribution in [1.82, 2.24) is 9.78 Å². The third kappa shape index (κ3) is 4.37. The summed E-state index contributed by atoms with van der Waals surface area (Å²) in [5.74, 6) is 0.0947. The van der Waals surface area contributed by atoms with Crippen LogP contribution in [0.4, 0.5) is 0 Å². The zero-order chi connectivity index (χ0) is 15.7. The Labute approximate surface area is 124 Å². The predicted molar refractivity (Wildman–Crippen MR) is 78.0 cm³/mol. The summed E-state index contributed by atoms with van der Waals surface area (Å²) in [6.45, 7) is 0.185. The third-order valence-electron chi connectivity index (χ3n) is 3.58. The Hall–Kier alpha value is -1.22. The lowest BCUT2D eigenvalue weighted by molar-refractivity contribution is 0.112. The van der Waals surface area contributed by atoms with Crippen LogP contribution >= 0.6 is 0 Å². The van der Waals surface area contributed by atoms with E-state index in [1.165, 1.54) is 10.9 Å². The van der Waals surface area contributed by atoms with Gasteiger partial charge in [0, 0.05) is 18.4 Å². The minimum absolute atomic E-state index is 0.0501. The first-order valence-corrected chi connectivity index (χ1v) is 10.5. The zero-order valence-corrected chi connectivity index (χ0v) is 13.4. The lowest BCUT2D eigenvalue weighted by Crippen LogP contribution is -2.23. The Bertz CT molecular complexity index is 720. The van der Waals surface area contributed by atoms with Crippen molar-refractivity contribution in [3.05, 3.63) is 17.5 Å². The highest BCUT2D eigenvalue weighted by Gasteiger charge is 2.28. The summed E-state index contributed by atoms with van der Waals surface area (Å²) < 4.78 is 46.6. The molecule has 0 atom stereocenters. The van der Waals surface area contributed by atoms with Gasteiger partial charge in [-0.3, -0.25) is 9.48 Å². The van der Waals surface area contributed by atoms with Gasteiger partial charge < -0.3 is 0 Å². The number of aryl methyl sites for hydroxylation is 1. The number of rotatable bonds is 5. The Morgan fingerprint density at radius 1 is 1.38 bits per heavy atom. The topological polar surface area (TPSA) is 103 Å². The Balaban J connectivity index is 2.16. The second-order valence-corrected chi connectivity index (χ2v) is 9.97. The summed E-state index contributed by atoms with van der Waals surface area (Å²) in [4.78, 5) is 11.1. The normalized spacial score (nSPS) is 19.5. The van der Waals surface area contributed by atoms with Crippen molar-refractivity contribution in [2.75, 3.05) is 23.5 Å². The fourth-order valence-corrected chi connectivity index (χ4v) is 4.41. The molecule has 7 nitrogen and oxygen atoms in total. The molecule has 21 heavy (non-hydrogen) atoms. The number of aromatic nitrogens is 2. The molecule has 2 heterocycles. The van der Waals surface area contributed by atoms with Crippen molar-refractivity contribution < 1.29 is 21.6 Å². The van der Waals surface area contributed by atoms with Crippen LogP contribution in [0.3, 0.4) is 0 Å². The van der Waals surface area contributed by atoms with Gasteiger partial charge in [-0.2, -0.15) is 5.10 Å². The van der Waals surface area contributed by atoms with Crippen LogP contribution in [0.2, 0.25) is 0 Å². The molecule has 0 spiro atoms. The van der Waals surface area contributed by atoms with Gasteiger partial charge in [-0.1, -0.05) is 0 Å². The smallest absolute Gasteiger partial charge is 0.153 e. The highest BCUT2D eigenvalue weighted by atomic mass is 32.2. The molecule has 1 aromatic rings. The summed E-state index contributed by atoms with van der Waals surface area (Å²) in [7, 11) is -6.07. The molecule has 0 radical (unpaired) electrons. The van der Waals surface area contributed by atoms with E-state index in [0.29, 0.717) is 30.4 Å². The Kier molecular flexibility index (Phi) is 4.52. The largest absolute Gasteiger partial charge is 0.298 e. The molecule has 0 bridgehead atoms. The van der Waals surface area contributed by atoms with E-state index < -0.39 is 19.7 Å². The van der Waals surface area contributed by atoms with Gasteiger partial charge >= 0.3 is 0 Å². The molecule has 0 aliphatic carbocycles. The zero-order valence-electron chi connectivity index (χ0n) is 11.7. The average molecular weight is 334 g/mol. The SMILES string of the molecule is CS(=O)(=O)CCn1cc(C=O)c(C2CCS(=O)(=O)CC2)n1. The summed E-state index contributed by atoms with van der Waals surface area (Å²) in [5.41, 5.74) is 0.987. The average Bonchev–Trinajstić information content (AvgIpc) is 2.79. The fraction of sp³-hybridized carbons (Fsp3) is 0.667. The van der Waals surface area contributed by atoms with Crippen molar-refractivity contribution in [3.63, 3.8) is 0 Å². The van der Waals surface area contributed by atoms with Gasteiger partial charge in [0.05, 0.1) is 35.1 Å². The lowest BCUT2D eigenvalue weighted by atomic mass is 9.96. The van der Waals surface area contributed by atoms with E-state index in [1.807, 2.05) is 0 Å². The van der Waals surface area contributed by atoms with E-state index in [1.54, 1.807) is 0 Å². The van der Waals surface area contributed by atoms with Gasteiger partial charge in [0.1, 0.15) is 19.7 Å². The number of sulfone groups is 2. The first-order chi connectivity index (χ1) is 9.70. The number of aldehydes is 1. The quantitative estimate of drug-likeness (QED) is 0.704. The van der Waals surface area contributed by atoms with Gasteiger partial charge in [-0.15, -0.1) is 0 Å². The molecule has 118 valence electrons. The number of hydrogen-bond acceptors (Lipinski definition) is 6. The molecule has 1 saturated heterocycles. The van der Waals surface area contributed by atoms with Crippen LogP contribution in [0.1, 0.15) is 34.8 Å². The van der Waals surface area contributed by atoms with Gasteiger partial charge in [0.2, 0.25) is 0 Å². The van der Waals surface area contributed by atoms with E-state index in [-0.39, 0.29) is 29.7 Å². The second kappa shape index (κ2) is 5.88. The molecule has 0 unspecified atom stereocenters. The fourth-order valence-electron chi connectivity index (χ4n) is 2.40. The standard InChI is InChI=1S/C12H18N2O5S2/c1-20(16,17)7-4-14-8-11(9-15)12(13-14)10-2-5-21(18,19)6-3-10/h8-10H,2-7H2,1H3. The van der Waals surface area contributed by atoms with Crippen LogP contribution in [0.5, 0.6) is 0 Å². The first kappa shape index (κ1) is 16.2. The van der Waals surface area contributed by atoms with Crippen molar-refractivity contribution in [2.45, 2.75) is 25.3 Å². The molecular formula is C12H18N2O5S2. The van der Waals surface area contributed by atoms with Gasteiger partial charge in [-0.25, -0.2) is 16.8 Å². The number of nitrogens with zero attached hydrogens (tertiary/aromatic N) is 2. The number of hydrogen-bond donors (Lipinski definition) is 0. The summed E-state index contributed by atoms with van der Waals surface area (Å²) in [6, 6.07) is 0. The maximum Gasteiger partial charge on any atom is 0.153 e. The van der Waals surface area contributed by atoms with Crippen molar-refractivity contribution >= 4 is 26.0 Å². The van der Waals surface area contributed by atoms with Crippen molar-refractivity contribution in [2.24, 2.45) is 0 Å². The van der Waals surface area contributed by atoms with E-state index >= 15 is 0 Å². The molecule has 2 rings (SSSR count). The Morgan fingerprint density at radius 3 is 2.52 bits per heavy atom. The van der Waals surface area contributed by atoms with Gasteiger partial charge in [-0.05, 0) is 12.8 Å². The van der Waals surface area contributed by atoms with E-state index in [2.05, 4.69) is 5.10 Å². The van der Waals surface area contributed by atoms with Crippen LogP contribution in [0, 0.1) is 0 Å². The summed E-state index contributed by atoms with van der Waals surface area (Å²) in [5, 5.41) is 4.28. The molecule has 0 N–H and O–H groups in total. The Morgan fingerprint density at radius 2 is 2.00 bits per heavy atom. The number of carbonyl (C=O) groups is 1. The number of carbonyl (C=O) groups excluding carboxylic acids is 1. The first-order valence-electron chi connectivity index (χ1n) is 6.61. The van der Waals surface area contributed by atoms with Gasteiger partial charge in [0.25, 0.3) is 0 Å². The van der Waals surface area contributed by atoms with E-state index in [9.17, 15) is 21.6 Å². The maximum absolute atomic E-state index is 11.4. The monoisotopic (exact) mass is 334 g/mol. The maximum atomic E-state index is 11.4. The van der Waals surface area contributed by atoms with Crippen LogP contribution in [0.25, 0.3) is 0 Å². The molecule has 0 amide bonds. The van der Waals surface area contributed by atoms with Crippen LogP contribution in [-0.2, 0) is 26.2 Å². The molecule has 1 fully saturated rings. The molecule has 0 saturated carbocycles. The molecule has 1 aliphatic rings. The minimum Gasteiger partial charge on any atom is -0.298 e. The molecule has 1 aliphatic heterocycles. The minimum atomic E-state index is -3.10. The summed E-state index contributed by atoms with van der Waals surface area (Å²) >= 11 is 0. The van der Waals surface area contributed by atoms with E-state index in [0.717, 1.165) is 6.26 Å². The summed E-state index contributed by atoms with van der Waals surface area (Å²) in [6.07, 6.45) is 4.25. The van der Waals surface area contributed by atoms with Gasteiger partial charge in [0.15, 0.2) is 6.29 Å². The van der Waals surface area contributed by atoms with Crippen LogP contribution in [0.15, 0.2) is 6.20 Å². The lowest BCUT2D eigenvalue weighted by Gasteiger charge is -2.20. The van der Waals surface area contributed by atoms with Crippen molar-refractivity contribution in [3.8, 4) is 0 Å².